The first-order chi connectivity index (χ1) is 16.4. The van der Waals surface area contributed by atoms with Gasteiger partial charge in [0, 0.05) is 47.6 Å². The van der Waals surface area contributed by atoms with E-state index in [1.807, 2.05) is 6.92 Å². The lowest BCUT2D eigenvalue weighted by Gasteiger charge is -2.29. The van der Waals surface area contributed by atoms with Crippen LogP contribution in [0.25, 0.3) is 21.9 Å². The second-order valence-electron chi connectivity index (χ2n) is 8.76. The number of nitrogen functional groups attached to an aromatic ring is 1. The number of nitrogens with two attached hydrogens (primary N) is 1. The van der Waals surface area contributed by atoms with Gasteiger partial charge in [0.25, 0.3) is 0 Å². The summed E-state index contributed by atoms with van der Waals surface area (Å²) in [7, 11) is 2.06. The van der Waals surface area contributed by atoms with Crippen LogP contribution in [0, 0.1) is 12.7 Å². The van der Waals surface area contributed by atoms with Crippen LogP contribution in [0.2, 0.25) is 0 Å². The van der Waals surface area contributed by atoms with Crippen LogP contribution in [0.5, 0.6) is 11.8 Å². The molecule has 2 aliphatic rings. The maximum absolute atomic E-state index is 15.3. The van der Waals surface area contributed by atoms with Gasteiger partial charge in [-0.05, 0) is 56.9 Å². The number of nitrogens with one attached hydrogen (secondary N) is 2. The molecule has 0 aliphatic carbocycles. The Morgan fingerprint density at radius 2 is 2.06 bits per heavy atom. The fraction of sp³-hybridized carbons (Fsp3) is 0.375. The Balaban J connectivity index is 1.44. The summed E-state index contributed by atoms with van der Waals surface area (Å²) in [6.45, 7) is 4.90. The molecule has 4 heterocycles. The third-order valence-corrected chi connectivity index (χ3v) is 6.45. The summed E-state index contributed by atoms with van der Waals surface area (Å²) in [5.41, 5.74) is 8.56. The molecule has 0 bridgehead atoms. The number of carbonyl (C=O) groups is 1. The van der Waals surface area contributed by atoms with Crippen molar-refractivity contribution in [2.24, 2.45) is 0 Å². The van der Waals surface area contributed by atoms with Gasteiger partial charge in [0.2, 0.25) is 11.8 Å². The molecule has 178 valence electrons. The highest BCUT2D eigenvalue weighted by atomic mass is 19.1. The molecule has 1 aromatic carbocycles. The Bertz CT molecular complexity index is 1260. The monoisotopic (exact) mass is 466 g/mol. The smallest absolute Gasteiger partial charge is 0.414 e. The average Bonchev–Trinajstić information content (AvgIpc) is 2.83. The van der Waals surface area contributed by atoms with Gasteiger partial charge in [-0.2, -0.15) is 0 Å². The fourth-order valence-electron chi connectivity index (χ4n) is 4.47. The molecule has 1 amide bonds. The van der Waals surface area contributed by atoms with Gasteiger partial charge in [-0.15, -0.1) is 0 Å². The maximum atomic E-state index is 15.3. The number of rotatable bonds is 3. The SMILES string of the molecule is Cc1c(-c2cc3cc(OC(=O)NC4CCN(C)CC4)ncc3c(N)c2F)cnc2c1NCCO2. The van der Waals surface area contributed by atoms with Crippen LogP contribution in [-0.2, 0) is 0 Å². The Labute approximate surface area is 196 Å². The summed E-state index contributed by atoms with van der Waals surface area (Å²) in [5, 5.41) is 7.19. The number of hydrogen-bond donors (Lipinski definition) is 3. The lowest BCUT2D eigenvalue weighted by molar-refractivity contribution is 0.180. The van der Waals surface area contributed by atoms with Crippen molar-refractivity contribution in [3.63, 3.8) is 0 Å². The zero-order valence-corrected chi connectivity index (χ0v) is 19.2. The van der Waals surface area contributed by atoms with E-state index in [9.17, 15) is 4.79 Å². The van der Waals surface area contributed by atoms with E-state index in [1.165, 1.54) is 6.20 Å². The summed E-state index contributed by atoms with van der Waals surface area (Å²) < 4.78 is 26.3. The molecule has 0 spiro atoms. The molecule has 10 heteroatoms. The summed E-state index contributed by atoms with van der Waals surface area (Å²) in [4.78, 5) is 23.1. The largest absolute Gasteiger partial charge is 0.474 e. The van der Waals surface area contributed by atoms with Crippen LogP contribution in [0.1, 0.15) is 18.4 Å². The number of halogens is 1. The first-order valence-corrected chi connectivity index (χ1v) is 11.3. The standard InChI is InChI=1S/C24H27FN6O3/c1-13-17(11-29-23-22(13)27-5-8-33-23)16-9-14-10-19(28-12-18(14)21(26)20(16)25)34-24(32)30-15-3-6-31(2)7-4-15/h9-12,15,27H,3-8,26H2,1-2H3,(H,30,32). The minimum absolute atomic E-state index is 0.0244. The van der Waals surface area contributed by atoms with Crippen LogP contribution < -0.4 is 25.8 Å². The van der Waals surface area contributed by atoms with Crippen molar-refractivity contribution in [3.8, 4) is 22.9 Å². The molecule has 34 heavy (non-hydrogen) atoms. The van der Waals surface area contributed by atoms with E-state index in [4.69, 9.17) is 15.2 Å². The number of amides is 1. The minimum Gasteiger partial charge on any atom is -0.474 e. The fourth-order valence-corrected chi connectivity index (χ4v) is 4.47. The first kappa shape index (κ1) is 22.1. The molecule has 4 N–H and O–H groups in total. The number of ether oxygens (including phenoxy) is 2. The van der Waals surface area contributed by atoms with Gasteiger partial charge in [-0.3, -0.25) is 0 Å². The quantitative estimate of drug-likeness (QED) is 0.504. The van der Waals surface area contributed by atoms with Crippen LogP contribution in [0.4, 0.5) is 20.6 Å². The number of piperidine rings is 1. The number of likely N-dealkylation sites (tertiary alicyclic amines) is 1. The molecule has 0 atom stereocenters. The minimum atomic E-state index is -0.558. The lowest BCUT2D eigenvalue weighted by atomic mass is 9.97. The highest BCUT2D eigenvalue weighted by Gasteiger charge is 2.22. The molecule has 2 aromatic heterocycles. The highest BCUT2D eigenvalue weighted by Crippen LogP contribution is 2.39. The maximum Gasteiger partial charge on any atom is 0.414 e. The van der Waals surface area contributed by atoms with Crippen molar-refractivity contribution in [1.29, 1.82) is 0 Å². The van der Waals surface area contributed by atoms with Gasteiger partial charge in [0.15, 0.2) is 5.82 Å². The van der Waals surface area contributed by atoms with Gasteiger partial charge < -0.3 is 30.7 Å². The van der Waals surface area contributed by atoms with Crippen molar-refractivity contribution in [1.82, 2.24) is 20.2 Å². The molecular weight excluding hydrogens is 439 g/mol. The molecule has 1 saturated heterocycles. The molecule has 9 nitrogen and oxygen atoms in total. The number of pyridine rings is 2. The summed E-state index contributed by atoms with van der Waals surface area (Å²) in [6.07, 6.45) is 4.17. The predicted octanol–water partition coefficient (Wildman–Crippen LogP) is 3.31. The number of benzene rings is 1. The Hall–Kier alpha value is -3.66. The van der Waals surface area contributed by atoms with Gasteiger partial charge in [0.05, 0.1) is 5.69 Å². The van der Waals surface area contributed by atoms with Crippen molar-refractivity contribution in [3.05, 3.63) is 35.9 Å². The average molecular weight is 467 g/mol. The van der Waals surface area contributed by atoms with Gasteiger partial charge in [-0.1, -0.05) is 0 Å². The van der Waals surface area contributed by atoms with Crippen molar-refractivity contribution >= 4 is 28.2 Å². The lowest BCUT2D eigenvalue weighted by Crippen LogP contribution is -2.44. The highest BCUT2D eigenvalue weighted by molar-refractivity contribution is 5.98. The number of aromatic nitrogens is 2. The van der Waals surface area contributed by atoms with Crippen LogP contribution >= 0.6 is 0 Å². The summed E-state index contributed by atoms with van der Waals surface area (Å²) in [5.74, 6) is 0.0620. The van der Waals surface area contributed by atoms with E-state index < -0.39 is 11.9 Å². The molecular formula is C24H27FN6O3. The molecule has 0 unspecified atom stereocenters. The number of fused-ring (bicyclic) bond motifs is 2. The third-order valence-electron chi connectivity index (χ3n) is 6.45. The van der Waals surface area contributed by atoms with E-state index in [-0.39, 0.29) is 17.6 Å². The van der Waals surface area contributed by atoms with Crippen molar-refractivity contribution in [2.75, 3.05) is 44.3 Å². The van der Waals surface area contributed by atoms with Crippen LogP contribution in [0.3, 0.4) is 0 Å². The van der Waals surface area contributed by atoms with E-state index in [2.05, 4.69) is 32.5 Å². The molecule has 5 rings (SSSR count). The number of hydrogen-bond acceptors (Lipinski definition) is 8. The summed E-state index contributed by atoms with van der Waals surface area (Å²) in [6, 6.07) is 3.33. The van der Waals surface area contributed by atoms with Gasteiger partial charge in [0.1, 0.15) is 12.3 Å². The molecule has 1 fully saturated rings. The number of anilines is 2. The van der Waals surface area contributed by atoms with Crippen molar-refractivity contribution < 1.29 is 18.7 Å². The van der Waals surface area contributed by atoms with Gasteiger partial charge in [-0.25, -0.2) is 19.2 Å². The van der Waals surface area contributed by atoms with Gasteiger partial charge >= 0.3 is 6.09 Å². The van der Waals surface area contributed by atoms with Crippen molar-refractivity contribution in [2.45, 2.75) is 25.8 Å². The molecule has 3 aromatic rings. The third kappa shape index (κ3) is 4.16. The van der Waals surface area contributed by atoms with Crippen LogP contribution in [-0.4, -0.2) is 60.3 Å². The topological polar surface area (TPSA) is 115 Å². The van der Waals surface area contributed by atoms with E-state index >= 15 is 4.39 Å². The number of nitrogens with zero attached hydrogens (tertiary/aromatic N) is 3. The van der Waals surface area contributed by atoms with Crippen LogP contribution in [0.15, 0.2) is 24.5 Å². The van der Waals surface area contributed by atoms with E-state index in [0.717, 1.165) is 37.2 Å². The molecule has 0 radical (unpaired) electrons. The predicted molar refractivity (Wildman–Crippen MR) is 128 cm³/mol. The second kappa shape index (κ2) is 8.94. The van der Waals surface area contributed by atoms with E-state index in [1.54, 1.807) is 18.3 Å². The zero-order chi connectivity index (χ0) is 23.8. The first-order valence-electron chi connectivity index (χ1n) is 11.3. The number of carbonyl (C=O) groups excluding carboxylic acids is 1. The summed E-state index contributed by atoms with van der Waals surface area (Å²) >= 11 is 0. The molecule has 0 saturated carbocycles. The normalized spacial score (nSPS) is 16.4. The Morgan fingerprint density at radius 1 is 1.26 bits per heavy atom. The molecule has 2 aliphatic heterocycles. The Kier molecular flexibility index (Phi) is 5.82. The van der Waals surface area contributed by atoms with E-state index in [0.29, 0.717) is 40.9 Å². The zero-order valence-electron chi connectivity index (χ0n) is 19.2. The Morgan fingerprint density at radius 3 is 2.85 bits per heavy atom. The second-order valence-corrected chi connectivity index (χ2v) is 8.76.